The van der Waals surface area contributed by atoms with Crippen LogP contribution in [0.25, 0.3) is 11.5 Å². The summed E-state index contributed by atoms with van der Waals surface area (Å²) in [6.07, 6.45) is 6.15. The quantitative estimate of drug-likeness (QED) is 0.316. The molecular weight excluding hydrogens is 528 g/mol. The third-order valence-electron chi connectivity index (χ3n) is 7.89. The van der Waals surface area contributed by atoms with Crippen LogP contribution in [0.4, 0.5) is 5.69 Å². The molecule has 0 amide bonds. The number of nitrogens with two attached hydrogens (primary N) is 1. The van der Waals surface area contributed by atoms with Crippen LogP contribution in [-0.4, -0.2) is 37.7 Å². The number of anilines is 1. The highest BCUT2D eigenvalue weighted by molar-refractivity contribution is 6.06. The van der Waals surface area contributed by atoms with E-state index in [9.17, 15) is 9.59 Å². The molecule has 2 aromatic heterocycles. The number of aryl methyl sites for hydroxylation is 1. The summed E-state index contributed by atoms with van der Waals surface area (Å²) in [5.74, 6) is -0.457. The molecule has 6 rings (SSSR count). The smallest absolute Gasteiger partial charge is 0.338 e. The van der Waals surface area contributed by atoms with Crippen molar-refractivity contribution in [1.82, 2.24) is 19.3 Å². The standard InChI is InChI=1S/C33H34N6O3/c1-5-42-32(41)29-28(26-21(2)36-39(23-14-10-7-11-15-23)31(26)37-17-16-35-20-37)27-24(18-33(3,4)19-25(27)40)38(30(29)34)22-12-8-6-9-13-22/h6-17,20,28H,5,18-19,34H2,1-4H3. The molecule has 3 heterocycles. The van der Waals surface area contributed by atoms with Crippen molar-refractivity contribution in [2.24, 2.45) is 11.1 Å². The minimum atomic E-state index is -0.794. The average Bonchev–Trinajstić information content (AvgIpc) is 3.60. The van der Waals surface area contributed by atoms with E-state index in [0.717, 1.165) is 17.1 Å². The number of Topliss-reactive ketones (excluding diaryl/α,β-unsaturated/α-hetero) is 1. The molecule has 0 spiro atoms. The van der Waals surface area contributed by atoms with Crippen LogP contribution in [-0.2, 0) is 14.3 Å². The summed E-state index contributed by atoms with van der Waals surface area (Å²) < 4.78 is 9.31. The lowest BCUT2D eigenvalue weighted by Gasteiger charge is -2.44. The van der Waals surface area contributed by atoms with Crippen LogP contribution in [0.15, 0.2) is 102 Å². The highest BCUT2D eigenvalue weighted by Gasteiger charge is 2.48. The van der Waals surface area contributed by atoms with Gasteiger partial charge in [0.2, 0.25) is 0 Å². The molecular formula is C33H34N6O3. The molecule has 1 unspecified atom stereocenters. The van der Waals surface area contributed by atoms with E-state index >= 15 is 0 Å². The number of carbonyl (C=O) groups excluding carboxylic acids is 2. The summed E-state index contributed by atoms with van der Waals surface area (Å²) in [5, 5.41) is 4.95. The summed E-state index contributed by atoms with van der Waals surface area (Å²) in [4.78, 5) is 34.3. The van der Waals surface area contributed by atoms with E-state index in [1.54, 1.807) is 19.4 Å². The summed E-state index contributed by atoms with van der Waals surface area (Å²) in [6.45, 7) is 7.99. The second-order valence-electron chi connectivity index (χ2n) is 11.5. The number of aromatic nitrogens is 4. The van der Waals surface area contributed by atoms with Crippen LogP contribution in [0.1, 0.15) is 50.8 Å². The molecule has 9 heteroatoms. The molecule has 0 bridgehead atoms. The lowest BCUT2D eigenvalue weighted by Crippen LogP contribution is -2.44. The number of carbonyl (C=O) groups is 2. The lowest BCUT2D eigenvalue weighted by atomic mass is 9.68. The van der Waals surface area contributed by atoms with Crippen LogP contribution >= 0.6 is 0 Å². The van der Waals surface area contributed by atoms with Gasteiger partial charge in [-0.05, 0) is 49.9 Å². The molecule has 2 aromatic carbocycles. The highest BCUT2D eigenvalue weighted by Crippen LogP contribution is 2.52. The number of imidazole rings is 1. The van der Waals surface area contributed by atoms with Gasteiger partial charge in [0.25, 0.3) is 0 Å². The fraction of sp³-hybridized carbons (Fsp3) is 0.273. The van der Waals surface area contributed by atoms with Gasteiger partial charge >= 0.3 is 5.97 Å². The van der Waals surface area contributed by atoms with E-state index in [-0.39, 0.29) is 29.2 Å². The molecule has 9 nitrogen and oxygen atoms in total. The molecule has 2 aliphatic rings. The Morgan fingerprint density at radius 2 is 1.71 bits per heavy atom. The molecule has 1 aliphatic heterocycles. The molecule has 0 radical (unpaired) electrons. The molecule has 0 saturated carbocycles. The number of para-hydroxylation sites is 2. The van der Waals surface area contributed by atoms with Gasteiger partial charge in [0.1, 0.15) is 18.0 Å². The Labute approximate surface area is 244 Å². The Morgan fingerprint density at radius 3 is 2.33 bits per heavy atom. The molecule has 0 fully saturated rings. The number of benzene rings is 2. The Balaban J connectivity index is 1.70. The van der Waals surface area contributed by atoms with Crippen molar-refractivity contribution >= 4 is 17.4 Å². The van der Waals surface area contributed by atoms with E-state index < -0.39 is 11.9 Å². The first kappa shape index (κ1) is 27.3. The van der Waals surface area contributed by atoms with Gasteiger partial charge in [-0.25, -0.2) is 14.5 Å². The Kier molecular flexibility index (Phi) is 6.80. The van der Waals surface area contributed by atoms with E-state index in [2.05, 4.69) is 18.8 Å². The average molecular weight is 563 g/mol. The van der Waals surface area contributed by atoms with Crippen LogP contribution in [0.5, 0.6) is 0 Å². The monoisotopic (exact) mass is 562 g/mol. The van der Waals surface area contributed by atoms with Gasteiger partial charge in [0.15, 0.2) is 5.78 Å². The predicted molar refractivity (Wildman–Crippen MR) is 160 cm³/mol. The van der Waals surface area contributed by atoms with E-state index in [1.807, 2.05) is 87.9 Å². The first-order valence-electron chi connectivity index (χ1n) is 14.1. The third-order valence-corrected chi connectivity index (χ3v) is 7.89. The van der Waals surface area contributed by atoms with Gasteiger partial charge in [0, 0.05) is 41.3 Å². The Morgan fingerprint density at radius 1 is 1.05 bits per heavy atom. The normalized spacial score (nSPS) is 18.3. The summed E-state index contributed by atoms with van der Waals surface area (Å²) in [5.41, 5.74) is 11.3. The van der Waals surface area contributed by atoms with E-state index in [4.69, 9.17) is 15.6 Å². The fourth-order valence-corrected chi connectivity index (χ4v) is 6.23. The SMILES string of the molecule is CCOC(=O)C1=C(N)N(c2ccccc2)C2=C(C(=O)CC(C)(C)C2)C1c1c(C)nn(-c2ccccc2)c1-n1ccnc1. The predicted octanol–water partition coefficient (Wildman–Crippen LogP) is 5.35. The molecule has 1 atom stereocenters. The maximum atomic E-state index is 14.3. The molecule has 0 saturated heterocycles. The summed E-state index contributed by atoms with van der Waals surface area (Å²) >= 11 is 0. The first-order chi connectivity index (χ1) is 20.2. The zero-order chi connectivity index (χ0) is 29.6. The van der Waals surface area contributed by atoms with Crippen LogP contribution < -0.4 is 10.6 Å². The number of ketones is 1. The molecule has 2 N–H and O–H groups in total. The van der Waals surface area contributed by atoms with Crippen molar-refractivity contribution in [2.45, 2.75) is 46.5 Å². The van der Waals surface area contributed by atoms with Crippen molar-refractivity contribution in [3.63, 3.8) is 0 Å². The van der Waals surface area contributed by atoms with Gasteiger partial charge in [0.05, 0.1) is 29.5 Å². The number of rotatable bonds is 6. The third kappa shape index (κ3) is 4.51. The summed E-state index contributed by atoms with van der Waals surface area (Å²) in [7, 11) is 0. The number of allylic oxidation sites excluding steroid dienone is 2. The zero-order valence-corrected chi connectivity index (χ0v) is 24.2. The number of hydrogen-bond donors (Lipinski definition) is 1. The van der Waals surface area contributed by atoms with Crippen molar-refractivity contribution in [3.05, 3.63) is 113 Å². The first-order valence-corrected chi connectivity index (χ1v) is 14.1. The maximum absolute atomic E-state index is 14.3. The Bertz CT molecular complexity index is 1720. The zero-order valence-electron chi connectivity index (χ0n) is 24.2. The maximum Gasteiger partial charge on any atom is 0.338 e. The highest BCUT2D eigenvalue weighted by atomic mass is 16.5. The Hall–Kier alpha value is -4.92. The van der Waals surface area contributed by atoms with Gasteiger partial charge in [-0.2, -0.15) is 5.10 Å². The van der Waals surface area contributed by atoms with Gasteiger partial charge < -0.3 is 10.5 Å². The second-order valence-corrected chi connectivity index (χ2v) is 11.5. The van der Waals surface area contributed by atoms with Crippen molar-refractivity contribution in [1.29, 1.82) is 0 Å². The van der Waals surface area contributed by atoms with E-state index in [1.165, 1.54) is 0 Å². The largest absolute Gasteiger partial charge is 0.463 e. The van der Waals surface area contributed by atoms with Gasteiger partial charge in [-0.1, -0.05) is 50.2 Å². The van der Waals surface area contributed by atoms with Crippen LogP contribution in [0.2, 0.25) is 0 Å². The molecule has 1 aliphatic carbocycles. The fourth-order valence-electron chi connectivity index (χ4n) is 6.23. The lowest BCUT2D eigenvalue weighted by molar-refractivity contribution is -0.138. The van der Waals surface area contributed by atoms with Crippen LogP contribution in [0.3, 0.4) is 0 Å². The second kappa shape index (κ2) is 10.5. The van der Waals surface area contributed by atoms with E-state index in [0.29, 0.717) is 35.5 Å². The van der Waals surface area contributed by atoms with Crippen molar-refractivity contribution in [2.75, 3.05) is 11.5 Å². The topological polar surface area (TPSA) is 108 Å². The number of nitrogens with zero attached hydrogens (tertiary/aromatic N) is 5. The molecule has 42 heavy (non-hydrogen) atoms. The molecule has 4 aromatic rings. The van der Waals surface area contributed by atoms with Crippen molar-refractivity contribution < 1.29 is 14.3 Å². The van der Waals surface area contributed by atoms with Gasteiger partial charge in [-0.3, -0.25) is 14.3 Å². The van der Waals surface area contributed by atoms with Crippen molar-refractivity contribution in [3.8, 4) is 11.5 Å². The minimum Gasteiger partial charge on any atom is -0.463 e. The minimum absolute atomic E-state index is 0.0232. The van der Waals surface area contributed by atoms with Crippen LogP contribution in [0, 0.1) is 12.3 Å². The molecule has 214 valence electrons. The number of ether oxygens (including phenoxy) is 1. The number of hydrogen-bond acceptors (Lipinski definition) is 7. The van der Waals surface area contributed by atoms with Gasteiger partial charge in [-0.15, -0.1) is 0 Å². The summed E-state index contributed by atoms with van der Waals surface area (Å²) in [6, 6.07) is 19.4. The number of esters is 1.